The minimum Gasteiger partial charge on any atom is -0.335 e. The van der Waals surface area contributed by atoms with Gasteiger partial charge in [-0.3, -0.25) is 9.69 Å². The van der Waals surface area contributed by atoms with E-state index >= 15 is 0 Å². The predicted octanol–water partition coefficient (Wildman–Crippen LogP) is 2.94. The maximum absolute atomic E-state index is 13.3. The zero-order chi connectivity index (χ0) is 18.6. The summed E-state index contributed by atoms with van der Waals surface area (Å²) < 4.78 is 14.8. The number of amides is 1. The molecule has 0 unspecified atom stereocenters. The number of hydrogen-bond acceptors (Lipinski definition) is 3. The van der Waals surface area contributed by atoms with E-state index < -0.39 is 0 Å². The highest BCUT2D eigenvalue weighted by Crippen LogP contribution is 2.11. The second-order valence-corrected chi connectivity index (χ2v) is 6.64. The molecule has 2 aromatic heterocycles. The first-order chi connectivity index (χ1) is 13.2. The van der Waals surface area contributed by atoms with Gasteiger partial charge in [0.2, 0.25) is 0 Å². The van der Waals surface area contributed by atoms with Gasteiger partial charge in [-0.25, -0.2) is 9.37 Å². The van der Waals surface area contributed by atoms with E-state index in [1.165, 1.54) is 17.8 Å². The van der Waals surface area contributed by atoms with Gasteiger partial charge in [0, 0.05) is 45.1 Å². The van der Waals surface area contributed by atoms with Crippen molar-refractivity contribution in [3.05, 3.63) is 78.0 Å². The molecule has 138 valence electrons. The standard InChI is InChI=1S/C21H21FN4O/c22-18-8-9-20-23-19(16-26(20)15-18)21(27)25-13-11-24(12-14-25)10-4-7-17-5-2-1-3-6-17/h1-9,15-16H,10-14H2/b7-4+. The van der Waals surface area contributed by atoms with Gasteiger partial charge in [0.05, 0.1) is 0 Å². The summed E-state index contributed by atoms with van der Waals surface area (Å²) in [4.78, 5) is 21.1. The van der Waals surface area contributed by atoms with Crippen molar-refractivity contribution in [3.63, 3.8) is 0 Å². The van der Waals surface area contributed by atoms with Crippen LogP contribution in [0.15, 0.2) is 60.9 Å². The summed E-state index contributed by atoms with van der Waals surface area (Å²) in [7, 11) is 0. The molecule has 0 saturated carbocycles. The van der Waals surface area contributed by atoms with Crippen molar-refractivity contribution in [2.24, 2.45) is 0 Å². The van der Waals surface area contributed by atoms with Crippen LogP contribution >= 0.6 is 0 Å². The Balaban J connectivity index is 1.33. The van der Waals surface area contributed by atoms with Gasteiger partial charge in [0.15, 0.2) is 0 Å². The average Bonchev–Trinajstić information content (AvgIpc) is 3.12. The molecule has 1 fully saturated rings. The van der Waals surface area contributed by atoms with Crippen LogP contribution in [0.1, 0.15) is 16.1 Å². The van der Waals surface area contributed by atoms with E-state index in [4.69, 9.17) is 0 Å². The third-order valence-corrected chi connectivity index (χ3v) is 4.77. The number of carbonyl (C=O) groups is 1. The molecule has 5 nitrogen and oxygen atoms in total. The monoisotopic (exact) mass is 364 g/mol. The highest BCUT2D eigenvalue weighted by atomic mass is 19.1. The van der Waals surface area contributed by atoms with Gasteiger partial charge in [0.25, 0.3) is 5.91 Å². The Kier molecular flexibility index (Phi) is 4.98. The number of imidazole rings is 1. The zero-order valence-electron chi connectivity index (χ0n) is 15.0. The fourth-order valence-corrected chi connectivity index (χ4v) is 3.27. The summed E-state index contributed by atoms with van der Waals surface area (Å²) in [5.41, 5.74) is 2.12. The van der Waals surface area contributed by atoms with E-state index in [0.717, 1.165) is 19.6 Å². The Morgan fingerprint density at radius 3 is 2.59 bits per heavy atom. The molecule has 1 aliphatic heterocycles. The maximum Gasteiger partial charge on any atom is 0.274 e. The number of aromatic nitrogens is 2. The topological polar surface area (TPSA) is 40.9 Å². The zero-order valence-corrected chi connectivity index (χ0v) is 15.0. The third-order valence-electron chi connectivity index (χ3n) is 4.77. The lowest BCUT2D eigenvalue weighted by Crippen LogP contribution is -2.48. The lowest BCUT2D eigenvalue weighted by atomic mass is 10.2. The van der Waals surface area contributed by atoms with Crippen molar-refractivity contribution >= 4 is 17.6 Å². The van der Waals surface area contributed by atoms with Crippen molar-refractivity contribution in [1.82, 2.24) is 19.2 Å². The van der Waals surface area contributed by atoms with E-state index in [1.54, 1.807) is 16.7 Å². The van der Waals surface area contributed by atoms with Crippen LogP contribution in [0.5, 0.6) is 0 Å². The molecule has 1 aliphatic rings. The second kappa shape index (κ2) is 7.72. The second-order valence-electron chi connectivity index (χ2n) is 6.64. The molecule has 0 radical (unpaired) electrons. The summed E-state index contributed by atoms with van der Waals surface area (Å²) in [6.07, 6.45) is 7.20. The molecule has 3 heterocycles. The number of fused-ring (bicyclic) bond motifs is 1. The predicted molar refractivity (Wildman–Crippen MR) is 103 cm³/mol. The Hall–Kier alpha value is -2.99. The van der Waals surface area contributed by atoms with Crippen molar-refractivity contribution in [2.45, 2.75) is 0 Å². The number of benzene rings is 1. The van der Waals surface area contributed by atoms with Gasteiger partial charge in [-0.05, 0) is 17.7 Å². The van der Waals surface area contributed by atoms with Crippen LogP contribution in [-0.2, 0) is 0 Å². The summed E-state index contributed by atoms with van der Waals surface area (Å²) in [5, 5.41) is 0. The minimum absolute atomic E-state index is 0.0985. The molecular weight excluding hydrogens is 343 g/mol. The molecule has 0 N–H and O–H groups in total. The lowest BCUT2D eigenvalue weighted by molar-refractivity contribution is 0.0645. The fraction of sp³-hybridized carbons (Fsp3) is 0.238. The number of carbonyl (C=O) groups excluding carboxylic acids is 1. The molecule has 0 bridgehead atoms. The van der Waals surface area contributed by atoms with Crippen LogP contribution in [0.25, 0.3) is 11.7 Å². The largest absolute Gasteiger partial charge is 0.335 e. The molecule has 0 spiro atoms. The Labute approximate surface area is 157 Å². The van der Waals surface area contributed by atoms with E-state index in [-0.39, 0.29) is 11.7 Å². The number of rotatable bonds is 4. The minimum atomic E-state index is -0.351. The highest BCUT2D eigenvalue weighted by Gasteiger charge is 2.23. The van der Waals surface area contributed by atoms with Gasteiger partial charge >= 0.3 is 0 Å². The summed E-state index contributed by atoms with van der Waals surface area (Å²) in [5.74, 6) is -0.449. The fourth-order valence-electron chi connectivity index (χ4n) is 3.27. The van der Waals surface area contributed by atoms with Crippen LogP contribution in [0, 0.1) is 5.82 Å². The summed E-state index contributed by atoms with van der Waals surface area (Å²) in [6.45, 7) is 3.85. The van der Waals surface area contributed by atoms with E-state index in [2.05, 4.69) is 34.2 Å². The lowest BCUT2D eigenvalue weighted by Gasteiger charge is -2.33. The Morgan fingerprint density at radius 2 is 1.81 bits per heavy atom. The van der Waals surface area contributed by atoms with Crippen LogP contribution in [-0.4, -0.2) is 57.8 Å². The number of piperazine rings is 1. The smallest absolute Gasteiger partial charge is 0.274 e. The van der Waals surface area contributed by atoms with E-state index in [9.17, 15) is 9.18 Å². The average molecular weight is 364 g/mol. The van der Waals surface area contributed by atoms with Crippen molar-refractivity contribution in [3.8, 4) is 0 Å². The summed E-state index contributed by atoms with van der Waals surface area (Å²) in [6, 6.07) is 13.1. The highest BCUT2D eigenvalue weighted by molar-refractivity contribution is 5.93. The first-order valence-corrected chi connectivity index (χ1v) is 9.06. The molecule has 27 heavy (non-hydrogen) atoms. The number of pyridine rings is 1. The van der Waals surface area contributed by atoms with Gasteiger partial charge in [-0.1, -0.05) is 42.5 Å². The molecule has 4 rings (SSSR count). The molecule has 1 aromatic carbocycles. The SMILES string of the molecule is O=C(c1cn2cc(F)ccc2n1)N1CCN(C/C=C/c2ccccc2)CC1. The Bertz CT molecular complexity index is 959. The van der Waals surface area contributed by atoms with Gasteiger partial charge in [-0.2, -0.15) is 0 Å². The normalized spacial score (nSPS) is 15.7. The first-order valence-electron chi connectivity index (χ1n) is 9.06. The van der Waals surface area contributed by atoms with Crippen LogP contribution in [0.2, 0.25) is 0 Å². The summed E-state index contributed by atoms with van der Waals surface area (Å²) >= 11 is 0. The Morgan fingerprint density at radius 1 is 1.04 bits per heavy atom. The van der Waals surface area contributed by atoms with Gasteiger partial charge in [-0.15, -0.1) is 0 Å². The molecule has 0 atom stereocenters. The maximum atomic E-state index is 13.3. The molecule has 6 heteroatoms. The van der Waals surface area contributed by atoms with Crippen LogP contribution in [0.4, 0.5) is 4.39 Å². The molecule has 1 saturated heterocycles. The van der Waals surface area contributed by atoms with E-state index in [1.807, 2.05) is 23.1 Å². The quantitative estimate of drug-likeness (QED) is 0.715. The van der Waals surface area contributed by atoms with Crippen molar-refractivity contribution < 1.29 is 9.18 Å². The molecule has 1 amide bonds. The van der Waals surface area contributed by atoms with Crippen molar-refractivity contribution in [1.29, 1.82) is 0 Å². The van der Waals surface area contributed by atoms with Gasteiger partial charge in [0.1, 0.15) is 17.2 Å². The van der Waals surface area contributed by atoms with Crippen molar-refractivity contribution in [2.75, 3.05) is 32.7 Å². The third kappa shape index (κ3) is 4.06. The van der Waals surface area contributed by atoms with E-state index in [0.29, 0.717) is 24.4 Å². The first kappa shape index (κ1) is 17.4. The number of hydrogen-bond donors (Lipinski definition) is 0. The molecule has 3 aromatic rings. The number of halogens is 1. The van der Waals surface area contributed by atoms with Crippen LogP contribution < -0.4 is 0 Å². The molecular formula is C21H21FN4O. The number of nitrogens with zero attached hydrogens (tertiary/aromatic N) is 4. The van der Waals surface area contributed by atoms with Crippen LogP contribution in [0.3, 0.4) is 0 Å². The molecule has 0 aliphatic carbocycles. The van der Waals surface area contributed by atoms with Gasteiger partial charge < -0.3 is 9.30 Å².